The fourth-order valence-corrected chi connectivity index (χ4v) is 3.50. The van der Waals surface area contributed by atoms with E-state index in [4.69, 9.17) is 15.8 Å². The molecule has 0 bridgehead atoms. The average molecular weight is 399 g/mol. The van der Waals surface area contributed by atoms with E-state index in [1.165, 1.54) is 6.07 Å². The lowest BCUT2D eigenvalue weighted by Crippen LogP contribution is -2.10. The van der Waals surface area contributed by atoms with Crippen LogP contribution in [-0.4, -0.2) is 13.4 Å². The Morgan fingerprint density at radius 3 is 2.59 bits per heavy atom. The molecular formula is C15H9BrClNO3S. The molecule has 0 spiro atoms. The first kappa shape index (κ1) is 15.3. The van der Waals surface area contributed by atoms with E-state index in [1.807, 2.05) is 24.3 Å². The van der Waals surface area contributed by atoms with Crippen LogP contribution in [0.4, 0.5) is 0 Å². The van der Waals surface area contributed by atoms with E-state index in [2.05, 4.69) is 20.9 Å². The predicted molar refractivity (Wildman–Crippen MR) is 88.7 cm³/mol. The number of halogens is 2. The van der Waals surface area contributed by atoms with Gasteiger partial charge in [0.15, 0.2) is 5.75 Å². The smallest absolute Gasteiger partial charge is 0.340 e. The quantitative estimate of drug-likeness (QED) is 0.484. The van der Waals surface area contributed by atoms with Gasteiger partial charge in [-0.1, -0.05) is 48.0 Å². The third kappa shape index (κ3) is 2.95. The number of rotatable bonds is 3. The summed E-state index contributed by atoms with van der Waals surface area (Å²) in [7, 11) is -4.00. The average Bonchev–Trinajstić information content (AvgIpc) is 2.50. The Balaban J connectivity index is 2.05. The van der Waals surface area contributed by atoms with Crippen molar-refractivity contribution >= 4 is 48.4 Å². The summed E-state index contributed by atoms with van der Waals surface area (Å²) in [5, 5.41) is 1.80. The van der Waals surface area contributed by atoms with Crippen LogP contribution in [0.1, 0.15) is 0 Å². The topological polar surface area (TPSA) is 56.3 Å². The zero-order chi connectivity index (χ0) is 15.7. The van der Waals surface area contributed by atoms with E-state index in [1.54, 1.807) is 18.2 Å². The van der Waals surface area contributed by atoms with Crippen LogP contribution >= 0.6 is 27.5 Å². The van der Waals surface area contributed by atoms with Crippen molar-refractivity contribution in [3.63, 3.8) is 0 Å². The standard InChI is InChI=1S/C15H9BrClNO3S/c16-13-8-11(9-18-15(13)17)22(19,20)21-14-7-3-5-10-4-1-2-6-12(10)14/h1-9H. The molecule has 3 aromatic rings. The van der Waals surface area contributed by atoms with Crippen LogP contribution in [0.2, 0.25) is 5.15 Å². The molecule has 0 aliphatic carbocycles. The molecule has 0 aliphatic heterocycles. The molecule has 1 aromatic heterocycles. The highest BCUT2D eigenvalue weighted by Crippen LogP contribution is 2.29. The maximum absolute atomic E-state index is 12.4. The molecule has 1 heterocycles. The zero-order valence-electron chi connectivity index (χ0n) is 11.0. The monoisotopic (exact) mass is 397 g/mol. The van der Waals surface area contributed by atoms with Crippen LogP contribution in [0.5, 0.6) is 5.75 Å². The van der Waals surface area contributed by atoms with Crippen molar-refractivity contribution in [3.8, 4) is 5.75 Å². The maximum atomic E-state index is 12.4. The third-order valence-electron chi connectivity index (χ3n) is 3.01. The van der Waals surface area contributed by atoms with Crippen molar-refractivity contribution in [1.29, 1.82) is 0 Å². The Kier molecular flexibility index (Phi) is 4.08. The summed E-state index contributed by atoms with van der Waals surface area (Å²) < 4.78 is 30.4. The maximum Gasteiger partial charge on any atom is 0.340 e. The Labute approximate surface area is 141 Å². The van der Waals surface area contributed by atoms with Gasteiger partial charge in [0.05, 0.1) is 10.7 Å². The molecule has 112 valence electrons. The number of hydrogen-bond donors (Lipinski definition) is 0. The zero-order valence-corrected chi connectivity index (χ0v) is 14.2. The van der Waals surface area contributed by atoms with E-state index in [0.717, 1.165) is 17.0 Å². The van der Waals surface area contributed by atoms with Gasteiger partial charge in [0, 0.05) is 5.39 Å². The fraction of sp³-hybridized carbons (Fsp3) is 0. The molecule has 0 aliphatic rings. The first-order valence-electron chi connectivity index (χ1n) is 6.21. The number of nitrogens with zero attached hydrogens (tertiary/aromatic N) is 1. The lowest BCUT2D eigenvalue weighted by molar-refractivity contribution is 0.488. The second kappa shape index (κ2) is 5.87. The highest BCUT2D eigenvalue weighted by atomic mass is 79.9. The molecule has 0 N–H and O–H groups in total. The van der Waals surface area contributed by atoms with E-state index in [-0.39, 0.29) is 15.8 Å². The van der Waals surface area contributed by atoms with Gasteiger partial charge in [0.25, 0.3) is 0 Å². The normalized spacial score (nSPS) is 11.5. The van der Waals surface area contributed by atoms with Crippen LogP contribution in [-0.2, 0) is 10.1 Å². The summed E-state index contributed by atoms with van der Waals surface area (Å²) in [5.41, 5.74) is 0. The van der Waals surface area contributed by atoms with Gasteiger partial charge in [-0.15, -0.1) is 0 Å². The second-order valence-electron chi connectivity index (χ2n) is 4.46. The molecular weight excluding hydrogens is 390 g/mol. The molecule has 0 saturated carbocycles. The van der Waals surface area contributed by atoms with Gasteiger partial charge in [0.2, 0.25) is 0 Å². The largest absolute Gasteiger partial charge is 0.378 e. The molecule has 0 saturated heterocycles. The molecule has 22 heavy (non-hydrogen) atoms. The van der Waals surface area contributed by atoms with Crippen LogP contribution in [0.25, 0.3) is 10.8 Å². The van der Waals surface area contributed by atoms with Crippen LogP contribution in [0.3, 0.4) is 0 Å². The van der Waals surface area contributed by atoms with Gasteiger partial charge in [-0.3, -0.25) is 0 Å². The number of pyridine rings is 1. The summed E-state index contributed by atoms with van der Waals surface area (Å²) >= 11 is 8.92. The van der Waals surface area contributed by atoms with Crippen molar-refractivity contribution in [2.24, 2.45) is 0 Å². The SMILES string of the molecule is O=S(=O)(Oc1cccc2ccccc12)c1cnc(Cl)c(Br)c1. The molecule has 0 unspecified atom stereocenters. The molecule has 4 nitrogen and oxygen atoms in total. The van der Waals surface area contributed by atoms with E-state index in [0.29, 0.717) is 4.47 Å². The first-order valence-corrected chi connectivity index (χ1v) is 8.78. The number of fused-ring (bicyclic) bond motifs is 1. The van der Waals surface area contributed by atoms with Crippen LogP contribution in [0.15, 0.2) is 64.1 Å². The molecule has 0 atom stereocenters. The highest BCUT2D eigenvalue weighted by molar-refractivity contribution is 9.10. The second-order valence-corrected chi connectivity index (χ2v) is 7.22. The molecule has 3 rings (SSSR count). The summed E-state index contributed by atoms with van der Waals surface area (Å²) in [6.45, 7) is 0. The van der Waals surface area contributed by atoms with Gasteiger partial charge in [-0.2, -0.15) is 8.42 Å². The van der Waals surface area contributed by atoms with Crippen molar-refractivity contribution in [2.75, 3.05) is 0 Å². The van der Waals surface area contributed by atoms with E-state index >= 15 is 0 Å². The minimum absolute atomic E-state index is 0.0725. The minimum Gasteiger partial charge on any atom is -0.378 e. The lowest BCUT2D eigenvalue weighted by atomic mass is 10.1. The van der Waals surface area contributed by atoms with Gasteiger partial charge < -0.3 is 4.18 Å². The van der Waals surface area contributed by atoms with Gasteiger partial charge in [-0.25, -0.2) is 4.98 Å². The van der Waals surface area contributed by atoms with Crippen molar-refractivity contribution < 1.29 is 12.6 Å². The summed E-state index contributed by atoms with van der Waals surface area (Å²) in [5.74, 6) is 0.268. The molecule has 2 aromatic carbocycles. The summed E-state index contributed by atoms with van der Waals surface area (Å²) in [6, 6.07) is 14.0. The third-order valence-corrected chi connectivity index (χ3v) is 5.34. The number of hydrogen-bond acceptors (Lipinski definition) is 4. The van der Waals surface area contributed by atoms with E-state index in [9.17, 15) is 8.42 Å². The first-order chi connectivity index (χ1) is 10.5. The molecule has 0 fully saturated rings. The Bertz CT molecular complexity index is 955. The van der Waals surface area contributed by atoms with Crippen molar-refractivity contribution in [3.05, 3.63) is 64.4 Å². The van der Waals surface area contributed by atoms with Gasteiger partial charge >= 0.3 is 10.1 Å². The Morgan fingerprint density at radius 1 is 1.09 bits per heavy atom. The number of benzene rings is 2. The molecule has 7 heteroatoms. The highest BCUT2D eigenvalue weighted by Gasteiger charge is 2.19. The Hall–Kier alpha value is -1.63. The van der Waals surface area contributed by atoms with Crippen LogP contribution in [0, 0.1) is 0 Å². The lowest BCUT2D eigenvalue weighted by Gasteiger charge is -2.09. The summed E-state index contributed by atoms with van der Waals surface area (Å²) in [6.07, 6.45) is 1.16. The molecule has 0 radical (unpaired) electrons. The minimum atomic E-state index is -4.00. The Morgan fingerprint density at radius 2 is 1.82 bits per heavy atom. The van der Waals surface area contributed by atoms with Crippen LogP contribution < -0.4 is 4.18 Å². The predicted octanol–water partition coefficient (Wildman–Crippen LogP) is 4.42. The number of aromatic nitrogens is 1. The summed E-state index contributed by atoms with van der Waals surface area (Å²) in [4.78, 5) is 3.74. The molecule has 0 amide bonds. The van der Waals surface area contributed by atoms with Crippen molar-refractivity contribution in [1.82, 2.24) is 4.98 Å². The van der Waals surface area contributed by atoms with Crippen molar-refractivity contribution in [2.45, 2.75) is 4.90 Å². The van der Waals surface area contributed by atoms with E-state index < -0.39 is 10.1 Å². The van der Waals surface area contributed by atoms with Gasteiger partial charge in [-0.05, 0) is 33.4 Å². The van der Waals surface area contributed by atoms with Gasteiger partial charge in [0.1, 0.15) is 10.0 Å². The fourth-order valence-electron chi connectivity index (χ4n) is 1.98.